The Morgan fingerprint density at radius 2 is 2.10 bits per heavy atom. The van der Waals surface area contributed by atoms with Gasteiger partial charge in [-0.1, -0.05) is 30.3 Å². The number of ether oxygens (including phenoxy) is 1. The zero-order valence-electron chi connectivity index (χ0n) is 11.5. The van der Waals surface area contributed by atoms with Gasteiger partial charge in [-0.15, -0.1) is 0 Å². The molecule has 4 nitrogen and oxygen atoms in total. The van der Waals surface area contributed by atoms with Crippen LogP contribution in [0, 0.1) is 5.41 Å². The topological polar surface area (TPSA) is 55.7 Å². The third-order valence-corrected chi connectivity index (χ3v) is 3.86. The van der Waals surface area contributed by atoms with Crippen molar-refractivity contribution in [2.45, 2.75) is 38.3 Å². The van der Waals surface area contributed by atoms with Crippen molar-refractivity contribution in [1.82, 2.24) is 0 Å². The largest absolute Gasteiger partial charge is 0.377 e. The minimum Gasteiger partial charge on any atom is -0.377 e. The Morgan fingerprint density at radius 3 is 2.70 bits per heavy atom. The van der Waals surface area contributed by atoms with Gasteiger partial charge in [-0.2, -0.15) is 4.99 Å². The minimum absolute atomic E-state index is 0.141. The SMILES string of the molecule is O=C=NC(C=O)CC1(CCOCc2ccccc2)CC1. The quantitative estimate of drug-likeness (QED) is 0.301. The van der Waals surface area contributed by atoms with Crippen molar-refractivity contribution in [3.8, 4) is 0 Å². The lowest BCUT2D eigenvalue weighted by Gasteiger charge is -2.16. The Hall–Kier alpha value is -1.77. The van der Waals surface area contributed by atoms with E-state index in [0.717, 1.165) is 31.1 Å². The highest BCUT2D eigenvalue weighted by atomic mass is 16.5. The third kappa shape index (κ3) is 4.41. The molecule has 4 heteroatoms. The minimum atomic E-state index is -0.538. The molecule has 0 aliphatic heterocycles. The molecule has 0 saturated heterocycles. The summed E-state index contributed by atoms with van der Waals surface area (Å²) in [5.74, 6) is 0. The van der Waals surface area contributed by atoms with E-state index < -0.39 is 6.04 Å². The highest BCUT2D eigenvalue weighted by Gasteiger charge is 2.43. The Balaban J connectivity index is 1.71. The van der Waals surface area contributed by atoms with Crippen LogP contribution in [0.4, 0.5) is 0 Å². The summed E-state index contributed by atoms with van der Waals surface area (Å²) < 4.78 is 5.67. The zero-order valence-corrected chi connectivity index (χ0v) is 11.5. The first-order valence-corrected chi connectivity index (χ1v) is 6.92. The van der Waals surface area contributed by atoms with Gasteiger partial charge < -0.3 is 9.53 Å². The lowest BCUT2D eigenvalue weighted by Crippen LogP contribution is -2.16. The van der Waals surface area contributed by atoms with Crippen molar-refractivity contribution in [1.29, 1.82) is 0 Å². The van der Waals surface area contributed by atoms with Gasteiger partial charge in [0.15, 0.2) is 0 Å². The summed E-state index contributed by atoms with van der Waals surface area (Å²) in [5.41, 5.74) is 1.30. The van der Waals surface area contributed by atoms with Crippen molar-refractivity contribution in [2.24, 2.45) is 10.4 Å². The van der Waals surface area contributed by atoms with E-state index in [4.69, 9.17) is 4.74 Å². The Labute approximate surface area is 118 Å². The van der Waals surface area contributed by atoms with Gasteiger partial charge in [0.25, 0.3) is 0 Å². The lowest BCUT2D eigenvalue weighted by molar-refractivity contribution is -0.109. The standard InChI is InChI=1S/C16H19NO3/c18-11-15(17-13-19)10-16(6-7-16)8-9-20-12-14-4-2-1-3-5-14/h1-5,11,15H,6-10,12H2. The average Bonchev–Trinajstić information content (AvgIpc) is 3.24. The van der Waals surface area contributed by atoms with Crippen molar-refractivity contribution in [3.63, 3.8) is 0 Å². The van der Waals surface area contributed by atoms with Gasteiger partial charge in [0.1, 0.15) is 12.3 Å². The number of rotatable bonds is 9. The van der Waals surface area contributed by atoms with Gasteiger partial charge in [0.05, 0.1) is 6.61 Å². The van der Waals surface area contributed by atoms with E-state index in [-0.39, 0.29) is 5.41 Å². The number of aliphatic imine (C=N–C) groups is 1. The maximum Gasteiger partial charge on any atom is 0.235 e. The van der Waals surface area contributed by atoms with Gasteiger partial charge in [0, 0.05) is 6.61 Å². The molecule has 1 aromatic carbocycles. The fourth-order valence-corrected chi connectivity index (χ4v) is 2.42. The molecular weight excluding hydrogens is 254 g/mol. The van der Waals surface area contributed by atoms with Gasteiger partial charge in [-0.05, 0) is 36.7 Å². The van der Waals surface area contributed by atoms with Crippen LogP contribution in [0.25, 0.3) is 0 Å². The molecule has 0 radical (unpaired) electrons. The molecule has 20 heavy (non-hydrogen) atoms. The number of carbonyl (C=O) groups is 1. The number of hydrogen-bond donors (Lipinski definition) is 0. The fraction of sp³-hybridized carbons (Fsp3) is 0.500. The third-order valence-electron chi connectivity index (χ3n) is 3.86. The first-order chi connectivity index (χ1) is 9.78. The van der Waals surface area contributed by atoms with Crippen LogP contribution in [0.1, 0.15) is 31.2 Å². The molecule has 0 N–H and O–H groups in total. The van der Waals surface area contributed by atoms with E-state index in [1.807, 2.05) is 30.3 Å². The van der Waals surface area contributed by atoms with E-state index in [2.05, 4.69) is 4.99 Å². The molecule has 1 fully saturated rings. The Morgan fingerprint density at radius 1 is 1.35 bits per heavy atom. The van der Waals surface area contributed by atoms with Crippen LogP contribution in [0.3, 0.4) is 0 Å². The monoisotopic (exact) mass is 273 g/mol. The Kier molecular flexibility index (Phi) is 5.22. The fourth-order valence-electron chi connectivity index (χ4n) is 2.42. The summed E-state index contributed by atoms with van der Waals surface area (Å²) in [5, 5.41) is 0. The van der Waals surface area contributed by atoms with Crippen LogP contribution in [-0.2, 0) is 20.9 Å². The molecule has 1 atom stereocenters. The summed E-state index contributed by atoms with van der Waals surface area (Å²) in [6.07, 6.45) is 5.92. The predicted octanol–water partition coefficient (Wildman–Crippen LogP) is 2.67. The number of benzene rings is 1. The highest BCUT2D eigenvalue weighted by molar-refractivity contribution is 5.60. The molecule has 1 unspecified atom stereocenters. The second kappa shape index (κ2) is 7.13. The molecular formula is C16H19NO3. The highest BCUT2D eigenvalue weighted by Crippen LogP contribution is 2.52. The average molecular weight is 273 g/mol. The molecule has 0 amide bonds. The van der Waals surface area contributed by atoms with Gasteiger partial charge in [-0.3, -0.25) is 0 Å². The van der Waals surface area contributed by atoms with Crippen molar-refractivity contribution < 1.29 is 14.3 Å². The molecule has 0 bridgehead atoms. The molecule has 1 aromatic rings. The molecule has 1 aliphatic carbocycles. The number of carbonyl (C=O) groups excluding carboxylic acids is 2. The summed E-state index contributed by atoms with van der Waals surface area (Å²) in [6, 6.07) is 9.50. The number of aldehydes is 1. The van der Waals surface area contributed by atoms with E-state index in [1.165, 1.54) is 6.08 Å². The maximum atomic E-state index is 10.8. The van der Waals surface area contributed by atoms with Crippen LogP contribution < -0.4 is 0 Å². The number of isocyanates is 1. The molecule has 0 aromatic heterocycles. The van der Waals surface area contributed by atoms with Gasteiger partial charge >= 0.3 is 0 Å². The summed E-state index contributed by atoms with van der Waals surface area (Å²) in [4.78, 5) is 24.6. The second-order valence-corrected chi connectivity index (χ2v) is 5.42. The van der Waals surface area contributed by atoms with Gasteiger partial charge in [0.2, 0.25) is 6.08 Å². The molecule has 0 heterocycles. The van der Waals surface area contributed by atoms with Crippen molar-refractivity contribution >= 4 is 12.4 Å². The van der Waals surface area contributed by atoms with Crippen LogP contribution >= 0.6 is 0 Å². The van der Waals surface area contributed by atoms with E-state index in [0.29, 0.717) is 19.6 Å². The summed E-state index contributed by atoms with van der Waals surface area (Å²) in [6.45, 7) is 1.28. The molecule has 0 spiro atoms. The predicted molar refractivity (Wildman–Crippen MR) is 75.0 cm³/mol. The molecule has 106 valence electrons. The van der Waals surface area contributed by atoms with E-state index >= 15 is 0 Å². The van der Waals surface area contributed by atoms with Crippen LogP contribution in [-0.4, -0.2) is 25.0 Å². The van der Waals surface area contributed by atoms with Crippen molar-refractivity contribution in [3.05, 3.63) is 35.9 Å². The van der Waals surface area contributed by atoms with E-state index in [1.54, 1.807) is 0 Å². The smallest absolute Gasteiger partial charge is 0.235 e. The second-order valence-electron chi connectivity index (χ2n) is 5.42. The maximum absolute atomic E-state index is 10.8. The zero-order chi connectivity index (χ0) is 14.3. The number of hydrogen-bond acceptors (Lipinski definition) is 4. The lowest BCUT2D eigenvalue weighted by atomic mass is 9.94. The first kappa shape index (κ1) is 14.6. The summed E-state index contributed by atoms with van der Waals surface area (Å²) in [7, 11) is 0. The normalized spacial score (nSPS) is 17.0. The van der Waals surface area contributed by atoms with Crippen LogP contribution in [0.15, 0.2) is 35.3 Å². The van der Waals surface area contributed by atoms with Crippen LogP contribution in [0.2, 0.25) is 0 Å². The molecule has 2 rings (SSSR count). The molecule has 1 saturated carbocycles. The first-order valence-electron chi connectivity index (χ1n) is 6.92. The summed E-state index contributed by atoms with van der Waals surface area (Å²) >= 11 is 0. The molecule has 1 aliphatic rings. The van der Waals surface area contributed by atoms with E-state index in [9.17, 15) is 9.59 Å². The number of nitrogens with zero attached hydrogens (tertiary/aromatic N) is 1. The van der Waals surface area contributed by atoms with Crippen molar-refractivity contribution in [2.75, 3.05) is 6.61 Å². The van der Waals surface area contributed by atoms with Gasteiger partial charge in [-0.25, -0.2) is 4.79 Å². The van der Waals surface area contributed by atoms with Crippen LogP contribution in [0.5, 0.6) is 0 Å². The Bertz CT molecular complexity index is 476.